The van der Waals surface area contributed by atoms with E-state index < -0.39 is 10.0 Å². The molecule has 0 saturated carbocycles. The minimum atomic E-state index is -3.77. The maximum Gasteiger partial charge on any atom is 0.299 e. The molecule has 0 aliphatic rings. The van der Waals surface area contributed by atoms with E-state index in [1.165, 1.54) is 12.1 Å². The molecule has 0 bridgehead atoms. The van der Waals surface area contributed by atoms with Gasteiger partial charge in [-0.1, -0.05) is 40.9 Å². The third-order valence-electron chi connectivity index (χ3n) is 3.23. The molecule has 1 heterocycles. The molecule has 0 radical (unpaired) electrons. The zero-order valence-electron chi connectivity index (χ0n) is 11.3. The summed E-state index contributed by atoms with van der Waals surface area (Å²) in [6.45, 7) is 1.88. The van der Waals surface area contributed by atoms with Crippen LogP contribution in [0.3, 0.4) is 0 Å². The third kappa shape index (κ3) is 2.57. The van der Waals surface area contributed by atoms with E-state index in [-0.39, 0.29) is 4.90 Å². The number of para-hydroxylation sites is 1. The normalized spacial score (nSPS) is 12.2. The van der Waals surface area contributed by atoms with Gasteiger partial charge in [0.1, 0.15) is 0 Å². The summed E-state index contributed by atoms with van der Waals surface area (Å²) in [7, 11) is -3.77. The standard InChI is InChI=1S/C15H13N3O2S/c1-11-13-9-5-6-10-14(13)16-15(11)17-18-21(19,20)12-7-3-2-4-8-12/h2-10,16H,1H3/b18-17+. The molecule has 0 aliphatic carbocycles. The van der Waals surface area contributed by atoms with Crippen LogP contribution in [0.5, 0.6) is 0 Å². The van der Waals surface area contributed by atoms with E-state index in [2.05, 4.69) is 14.6 Å². The highest BCUT2D eigenvalue weighted by molar-refractivity contribution is 7.90. The van der Waals surface area contributed by atoms with Crippen LogP contribution in [0.4, 0.5) is 5.82 Å². The first kappa shape index (κ1) is 13.5. The Hall–Kier alpha value is -2.47. The van der Waals surface area contributed by atoms with Crippen molar-refractivity contribution in [3.8, 4) is 0 Å². The van der Waals surface area contributed by atoms with Gasteiger partial charge in [0.2, 0.25) is 0 Å². The zero-order valence-corrected chi connectivity index (χ0v) is 12.1. The summed E-state index contributed by atoms with van der Waals surface area (Å²) in [6.07, 6.45) is 0. The van der Waals surface area contributed by atoms with Gasteiger partial charge in [0.15, 0.2) is 5.82 Å². The largest absolute Gasteiger partial charge is 0.338 e. The Labute approximate surface area is 122 Å². The average Bonchev–Trinajstić information content (AvgIpc) is 2.83. The number of aromatic amines is 1. The van der Waals surface area contributed by atoms with Gasteiger partial charge < -0.3 is 4.98 Å². The molecule has 3 rings (SSSR count). The van der Waals surface area contributed by atoms with Gasteiger partial charge in [-0.25, -0.2) is 0 Å². The summed E-state index contributed by atoms with van der Waals surface area (Å²) in [5, 5.41) is 4.88. The molecular formula is C15H13N3O2S. The molecule has 0 atom stereocenters. The number of H-pyrrole nitrogens is 1. The van der Waals surface area contributed by atoms with Crippen LogP contribution < -0.4 is 0 Å². The molecule has 5 nitrogen and oxygen atoms in total. The van der Waals surface area contributed by atoms with Crippen molar-refractivity contribution >= 4 is 26.7 Å². The maximum absolute atomic E-state index is 12.1. The average molecular weight is 299 g/mol. The third-order valence-corrected chi connectivity index (χ3v) is 4.39. The molecule has 0 unspecified atom stereocenters. The Morgan fingerprint density at radius 2 is 1.62 bits per heavy atom. The summed E-state index contributed by atoms with van der Waals surface area (Å²) in [6, 6.07) is 15.7. The van der Waals surface area contributed by atoms with E-state index in [1.807, 2.05) is 31.2 Å². The van der Waals surface area contributed by atoms with Crippen molar-refractivity contribution in [1.82, 2.24) is 4.98 Å². The van der Waals surface area contributed by atoms with E-state index >= 15 is 0 Å². The van der Waals surface area contributed by atoms with Crippen LogP contribution in [0.25, 0.3) is 10.9 Å². The smallest absolute Gasteiger partial charge is 0.299 e. The number of rotatable bonds is 3. The summed E-state index contributed by atoms with van der Waals surface area (Å²) in [5.74, 6) is 0.454. The second-order valence-electron chi connectivity index (χ2n) is 4.61. The number of sulfonamides is 1. The van der Waals surface area contributed by atoms with E-state index in [1.54, 1.807) is 18.2 Å². The number of aryl methyl sites for hydroxylation is 1. The van der Waals surface area contributed by atoms with Crippen molar-refractivity contribution in [3.63, 3.8) is 0 Å². The Morgan fingerprint density at radius 1 is 0.952 bits per heavy atom. The van der Waals surface area contributed by atoms with Gasteiger partial charge in [0.05, 0.1) is 4.90 Å². The monoisotopic (exact) mass is 299 g/mol. The summed E-state index contributed by atoms with van der Waals surface area (Å²) in [4.78, 5) is 3.19. The van der Waals surface area contributed by atoms with Gasteiger partial charge in [-0.3, -0.25) is 0 Å². The minimum Gasteiger partial charge on any atom is -0.338 e. The number of fused-ring (bicyclic) bond motifs is 1. The van der Waals surface area contributed by atoms with Gasteiger partial charge in [-0.15, -0.1) is 5.11 Å². The lowest BCUT2D eigenvalue weighted by atomic mass is 10.2. The molecule has 0 spiro atoms. The molecule has 3 aromatic rings. The van der Waals surface area contributed by atoms with Gasteiger partial charge in [0.25, 0.3) is 10.0 Å². The van der Waals surface area contributed by atoms with E-state index in [9.17, 15) is 8.42 Å². The van der Waals surface area contributed by atoms with Gasteiger partial charge >= 0.3 is 0 Å². The fraction of sp³-hybridized carbons (Fsp3) is 0.0667. The van der Waals surface area contributed by atoms with Crippen LogP contribution in [0.15, 0.2) is 69.1 Å². The molecule has 21 heavy (non-hydrogen) atoms. The first-order valence-electron chi connectivity index (χ1n) is 6.38. The predicted octanol–water partition coefficient (Wildman–Crippen LogP) is 3.95. The van der Waals surface area contributed by atoms with Crippen LogP contribution in [0.2, 0.25) is 0 Å². The van der Waals surface area contributed by atoms with Crippen LogP contribution in [0.1, 0.15) is 5.56 Å². The molecule has 106 valence electrons. The quantitative estimate of drug-likeness (QED) is 0.743. The molecule has 1 N–H and O–H groups in total. The van der Waals surface area contributed by atoms with Gasteiger partial charge in [-0.2, -0.15) is 8.42 Å². The van der Waals surface area contributed by atoms with E-state index in [0.29, 0.717) is 5.82 Å². The SMILES string of the molecule is Cc1c(/N=N/S(=O)(=O)c2ccccc2)[nH]c2ccccc12. The minimum absolute atomic E-state index is 0.127. The summed E-state index contributed by atoms with van der Waals surface area (Å²) >= 11 is 0. The highest BCUT2D eigenvalue weighted by Gasteiger charge is 2.13. The number of nitrogens with zero attached hydrogens (tertiary/aromatic N) is 2. The first-order valence-corrected chi connectivity index (χ1v) is 7.82. The molecule has 1 aromatic heterocycles. The number of hydrogen-bond acceptors (Lipinski definition) is 3. The second-order valence-corrected chi connectivity index (χ2v) is 6.20. The Morgan fingerprint density at radius 3 is 2.33 bits per heavy atom. The van der Waals surface area contributed by atoms with Gasteiger partial charge in [0, 0.05) is 16.5 Å². The highest BCUT2D eigenvalue weighted by atomic mass is 32.2. The van der Waals surface area contributed by atoms with E-state index in [0.717, 1.165) is 16.5 Å². The number of aromatic nitrogens is 1. The number of nitrogens with one attached hydrogen (secondary N) is 1. The molecule has 0 aliphatic heterocycles. The van der Waals surface area contributed by atoms with Gasteiger partial charge in [-0.05, 0) is 25.1 Å². The molecule has 6 heteroatoms. The Kier molecular flexibility index (Phi) is 3.31. The maximum atomic E-state index is 12.1. The lowest BCUT2D eigenvalue weighted by Crippen LogP contribution is -1.94. The van der Waals surface area contributed by atoms with Crippen molar-refractivity contribution in [3.05, 3.63) is 60.2 Å². The molecule has 0 fully saturated rings. The molecule has 2 aromatic carbocycles. The fourth-order valence-electron chi connectivity index (χ4n) is 2.10. The molecule has 0 amide bonds. The van der Waals surface area contributed by atoms with E-state index in [4.69, 9.17) is 0 Å². The van der Waals surface area contributed by atoms with Crippen LogP contribution in [-0.2, 0) is 10.0 Å². The van der Waals surface area contributed by atoms with Crippen molar-refractivity contribution in [2.45, 2.75) is 11.8 Å². The lowest BCUT2D eigenvalue weighted by molar-refractivity contribution is 0.595. The fourth-order valence-corrected chi connectivity index (χ4v) is 2.89. The van der Waals surface area contributed by atoms with Crippen LogP contribution >= 0.6 is 0 Å². The number of benzene rings is 2. The zero-order chi connectivity index (χ0) is 14.9. The van der Waals surface area contributed by atoms with Crippen molar-refractivity contribution in [2.24, 2.45) is 9.63 Å². The lowest BCUT2D eigenvalue weighted by Gasteiger charge is -1.96. The Bertz CT molecular complexity index is 913. The topological polar surface area (TPSA) is 74.7 Å². The summed E-state index contributed by atoms with van der Waals surface area (Å²) in [5.41, 5.74) is 1.78. The first-order chi connectivity index (χ1) is 10.1. The van der Waals surface area contributed by atoms with Crippen molar-refractivity contribution < 1.29 is 8.42 Å². The summed E-state index contributed by atoms with van der Waals surface area (Å²) < 4.78 is 27.6. The number of hydrogen-bond donors (Lipinski definition) is 1. The Balaban J connectivity index is 2.00. The second kappa shape index (κ2) is 5.14. The molecular weight excluding hydrogens is 286 g/mol. The highest BCUT2D eigenvalue weighted by Crippen LogP contribution is 2.28. The van der Waals surface area contributed by atoms with Crippen molar-refractivity contribution in [2.75, 3.05) is 0 Å². The molecule has 0 saturated heterocycles. The van der Waals surface area contributed by atoms with Crippen LogP contribution in [-0.4, -0.2) is 13.4 Å². The van der Waals surface area contributed by atoms with Crippen molar-refractivity contribution in [1.29, 1.82) is 0 Å². The van der Waals surface area contributed by atoms with Crippen LogP contribution in [0, 0.1) is 6.92 Å². The predicted molar refractivity (Wildman–Crippen MR) is 81.2 cm³/mol.